The molecule has 2 heterocycles. The van der Waals surface area contributed by atoms with Gasteiger partial charge in [-0.15, -0.1) is 12.3 Å². The number of rotatable bonds is 7. The average molecular weight is 235 g/mol. The fourth-order valence-electron chi connectivity index (χ4n) is 3.32. The van der Waals surface area contributed by atoms with E-state index in [9.17, 15) is 0 Å². The molecule has 0 spiro atoms. The standard InChI is InChI=1S/C15H25NO/c1-3-5-6-7-14(16-10-4-2)13-11-12-8-9-15(13)17-12/h1,12-16H,4-11H2,2H3. The lowest BCUT2D eigenvalue weighted by Crippen LogP contribution is -2.41. The van der Waals surface area contributed by atoms with E-state index in [0.717, 1.165) is 25.3 Å². The van der Waals surface area contributed by atoms with E-state index in [1.54, 1.807) is 0 Å². The van der Waals surface area contributed by atoms with E-state index in [1.165, 1.54) is 32.1 Å². The second-order valence-electron chi connectivity index (χ2n) is 5.43. The van der Waals surface area contributed by atoms with Crippen molar-refractivity contribution in [3.8, 4) is 12.3 Å². The summed E-state index contributed by atoms with van der Waals surface area (Å²) in [5.74, 6) is 3.48. The van der Waals surface area contributed by atoms with Crippen LogP contribution in [-0.4, -0.2) is 24.8 Å². The van der Waals surface area contributed by atoms with E-state index in [4.69, 9.17) is 11.2 Å². The fraction of sp³-hybridized carbons (Fsp3) is 0.867. The van der Waals surface area contributed by atoms with Gasteiger partial charge in [0.15, 0.2) is 0 Å². The largest absolute Gasteiger partial charge is 0.375 e. The van der Waals surface area contributed by atoms with Crippen molar-refractivity contribution in [3.63, 3.8) is 0 Å². The van der Waals surface area contributed by atoms with Crippen LogP contribution in [0.5, 0.6) is 0 Å². The molecule has 4 atom stereocenters. The fourth-order valence-corrected chi connectivity index (χ4v) is 3.32. The summed E-state index contributed by atoms with van der Waals surface area (Å²) >= 11 is 0. The Hall–Kier alpha value is -0.520. The van der Waals surface area contributed by atoms with Crippen LogP contribution in [0.2, 0.25) is 0 Å². The highest BCUT2D eigenvalue weighted by atomic mass is 16.5. The van der Waals surface area contributed by atoms with Gasteiger partial charge in [-0.05, 0) is 45.1 Å². The van der Waals surface area contributed by atoms with Gasteiger partial charge in [0, 0.05) is 18.4 Å². The summed E-state index contributed by atoms with van der Waals surface area (Å²) in [6.07, 6.45) is 14.7. The molecule has 0 amide bonds. The smallest absolute Gasteiger partial charge is 0.0623 e. The van der Waals surface area contributed by atoms with Gasteiger partial charge >= 0.3 is 0 Å². The number of hydrogen-bond acceptors (Lipinski definition) is 2. The van der Waals surface area contributed by atoms with Crippen molar-refractivity contribution in [1.82, 2.24) is 5.32 Å². The third-order valence-corrected chi connectivity index (χ3v) is 4.16. The maximum atomic E-state index is 5.97. The van der Waals surface area contributed by atoms with Crippen LogP contribution >= 0.6 is 0 Å². The molecule has 0 radical (unpaired) electrons. The van der Waals surface area contributed by atoms with Gasteiger partial charge in [0.2, 0.25) is 0 Å². The van der Waals surface area contributed by atoms with Crippen molar-refractivity contribution < 1.29 is 4.74 Å². The molecule has 2 aliphatic rings. The van der Waals surface area contributed by atoms with Crippen LogP contribution in [0.4, 0.5) is 0 Å². The molecular weight excluding hydrogens is 210 g/mol. The summed E-state index contributed by atoms with van der Waals surface area (Å²) in [6.45, 7) is 3.34. The zero-order valence-corrected chi connectivity index (χ0v) is 11.0. The van der Waals surface area contributed by atoms with Crippen molar-refractivity contribution in [2.24, 2.45) is 5.92 Å². The Morgan fingerprint density at radius 1 is 1.47 bits per heavy atom. The Kier molecular flexibility index (Phi) is 4.88. The highest BCUT2D eigenvalue weighted by Crippen LogP contribution is 2.41. The van der Waals surface area contributed by atoms with Crippen LogP contribution < -0.4 is 5.32 Å². The summed E-state index contributed by atoms with van der Waals surface area (Å²) in [5.41, 5.74) is 0. The summed E-state index contributed by atoms with van der Waals surface area (Å²) in [7, 11) is 0. The van der Waals surface area contributed by atoms with Gasteiger partial charge in [-0.3, -0.25) is 0 Å². The van der Waals surface area contributed by atoms with Gasteiger partial charge in [0.25, 0.3) is 0 Å². The van der Waals surface area contributed by atoms with E-state index in [1.807, 2.05) is 0 Å². The quantitative estimate of drug-likeness (QED) is 0.541. The third-order valence-electron chi connectivity index (χ3n) is 4.16. The number of unbranched alkanes of at least 4 members (excludes halogenated alkanes) is 1. The molecule has 17 heavy (non-hydrogen) atoms. The molecule has 0 aromatic heterocycles. The lowest BCUT2D eigenvalue weighted by molar-refractivity contribution is 0.0848. The second-order valence-corrected chi connectivity index (χ2v) is 5.43. The minimum Gasteiger partial charge on any atom is -0.375 e. The molecule has 2 saturated heterocycles. The van der Waals surface area contributed by atoms with Crippen LogP contribution in [0.25, 0.3) is 0 Å². The van der Waals surface area contributed by atoms with E-state index < -0.39 is 0 Å². The SMILES string of the molecule is C#CCCCC(NCCC)C1CC2CCC1O2. The summed E-state index contributed by atoms with van der Waals surface area (Å²) < 4.78 is 5.97. The molecule has 0 aromatic carbocycles. The molecule has 1 N–H and O–H groups in total. The molecule has 96 valence electrons. The molecule has 0 aromatic rings. The molecule has 2 heteroatoms. The van der Waals surface area contributed by atoms with Gasteiger partial charge in [-0.1, -0.05) is 6.92 Å². The molecule has 4 unspecified atom stereocenters. The number of hydrogen-bond donors (Lipinski definition) is 1. The second kappa shape index (κ2) is 6.42. The van der Waals surface area contributed by atoms with Gasteiger partial charge in [-0.25, -0.2) is 0 Å². The van der Waals surface area contributed by atoms with Crippen molar-refractivity contribution >= 4 is 0 Å². The molecule has 0 saturated carbocycles. The van der Waals surface area contributed by atoms with Gasteiger partial charge in [0.1, 0.15) is 0 Å². The first-order valence-electron chi connectivity index (χ1n) is 7.17. The lowest BCUT2D eigenvalue weighted by atomic mass is 9.82. The van der Waals surface area contributed by atoms with Crippen molar-refractivity contribution in [1.29, 1.82) is 0 Å². The van der Waals surface area contributed by atoms with Gasteiger partial charge in [-0.2, -0.15) is 0 Å². The molecule has 2 nitrogen and oxygen atoms in total. The van der Waals surface area contributed by atoms with E-state index in [2.05, 4.69) is 18.2 Å². The summed E-state index contributed by atoms with van der Waals surface area (Å²) in [5, 5.41) is 3.71. The summed E-state index contributed by atoms with van der Waals surface area (Å²) in [4.78, 5) is 0. The average Bonchev–Trinajstić information content (AvgIpc) is 2.95. The number of nitrogens with one attached hydrogen (secondary N) is 1. The Bertz CT molecular complexity index is 271. The first-order chi connectivity index (χ1) is 8.35. The molecular formula is C15H25NO. The number of fused-ring (bicyclic) bond motifs is 2. The monoisotopic (exact) mass is 235 g/mol. The molecule has 2 aliphatic heterocycles. The third kappa shape index (κ3) is 3.24. The zero-order chi connectivity index (χ0) is 12.1. The van der Waals surface area contributed by atoms with Gasteiger partial charge < -0.3 is 10.1 Å². The number of ether oxygens (including phenoxy) is 1. The van der Waals surface area contributed by atoms with Crippen LogP contribution in [0, 0.1) is 18.3 Å². The normalized spacial score (nSPS) is 32.6. The minimum atomic E-state index is 0.528. The van der Waals surface area contributed by atoms with Crippen molar-refractivity contribution in [2.45, 2.75) is 70.1 Å². The Morgan fingerprint density at radius 3 is 2.94 bits per heavy atom. The molecule has 2 bridgehead atoms. The maximum absolute atomic E-state index is 5.97. The Balaban J connectivity index is 1.83. The van der Waals surface area contributed by atoms with E-state index >= 15 is 0 Å². The van der Waals surface area contributed by atoms with Crippen molar-refractivity contribution in [3.05, 3.63) is 0 Å². The molecule has 2 fully saturated rings. The minimum absolute atomic E-state index is 0.528. The van der Waals surface area contributed by atoms with Crippen LogP contribution in [-0.2, 0) is 4.74 Å². The summed E-state index contributed by atoms with van der Waals surface area (Å²) in [6, 6.07) is 0.624. The highest BCUT2D eigenvalue weighted by Gasteiger charge is 2.43. The lowest BCUT2D eigenvalue weighted by Gasteiger charge is -2.29. The van der Waals surface area contributed by atoms with Crippen LogP contribution in [0.3, 0.4) is 0 Å². The van der Waals surface area contributed by atoms with Gasteiger partial charge in [0.05, 0.1) is 12.2 Å². The van der Waals surface area contributed by atoms with Crippen LogP contribution in [0.15, 0.2) is 0 Å². The first kappa shape index (κ1) is 12.9. The Labute approximate surface area is 105 Å². The zero-order valence-electron chi connectivity index (χ0n) is 11.0. The first-order valence-corrected chi connectivity index (χ1v) is 7.17. The van der Waals surface area contributed by atoms with Crippen LogP contribution in [0.1, 0.15) is 51.9 Å². The Morgan fingerprint density at radius 2 is 2.35 bits per heavy atom. The molecule has 2 rings (SSSR count). The maximum Gasteiger partial charge on any atom is 0.0623 e. The molecule has 0 aliphatic carbocycles. The predicted molar refractivity (Wildman–Crippen MR) is 70.8 cm³/mol. The highest BCUT2D eigenvalue weighted by molar-refractivity contribution is 4.95. The topological polar surface area (TPSA) is 21.3 Å². The van der Waals surface area contributed by atoms with E-state index in [-0.39, 0.29) is 0 Å². The predicted octanol–water partition coefficient (Wildman–Crippen LogP) is 2.73. The number of terminal acetylenes is 1. The van der Waals surface area contributed by atoms with Crippen molar-refractivity contribution in [2.75, 3.05) is 6.54 Å². The van der Waals surface area contributed by atoms with E-state index in [0.29, 0.717) is 18.2 Å².